The van der Waals surface area contributed by atoms with Crippen LogP contribution in [0, 0.1) is 5.82 Å². The zero-order valence-corrected chi connectivity index (χ0v) is 19.3. The summed E-state index contributed by atoms with van der Waals surface area (Å²) in [5, 5.41) is 2.04. The quantitative estimate of drug-likeness (QED) is 0.608. The Bertz CT molecular complexity index is 927. The number of carbonyl (C=O) groups excluding carboxylic acids is 2. The van der Waals surface area contributed by atoms with Crippen molar-refractivity contribution in [2.24, 2.45) is 0 Å². The lowest BCUT2D eigenvalue weighted by atomic mass is 10.0. The second-order valence-electron chi connectivity index (χ2n) is 8.41. The molecule has 172 valence electrons. The molecule has 3 heterocycles. The number of benzene rings is 1. The van der Waals surface area contributed by atoms with Crippen molar-refractivity contribution in [2.75, 3.05) is 45.9 Å². The fourth-order valence-corrected chi connectivity index (χ4v) is 5.38. The maximum absolute atomic E-state index is 13.3. The van der Waals surface area contributed by atoms with Crippen LogP contribution in [-0.4, -0.2) is 72.4 Å². The van der Waals surface area contributed by atoms with Crippen LogP contribution >= 0.6 is 11.3 Å². The molecule has 4 rings (SSSR count). The Morgan fingerprint density at radius 1 is 1.16 bits per heavy atom. The van der Waals surface area contributed by atoms with E-state index in [0.29, 0.717) is 18.8 Å². The Morgan fingerprint density at radius 3 is 2.62 bits per heavy atom. The van der Waals surface area contributed by atoms with Crippen molar-refractivity contribution in [2.45, 2.75) is 32.2 Å². The first kappa shape index (κ1) is 22.7. The third kappa shape index (κ3) is 5.48. The molecule has 1 unspecified atom stereocenters. The van der Waals surface area contributed by atoms with E-state index in [4.69, 9.17) is 4.74 Å². The van der Waals surface area contributed by atoms with Gasteiger partial charge >= 0.3 is 0 Å². The van der Waals surface area contributed by atoms with E-state index in [1.54, 1.807) is 28.4 Å². The van der Waals surface area contributed by atoms with Crippen LogP contribution in [0.15, 0.2) is 35.7 Å². The van der Waals surface area contributed by atoms with E-state index in [0.717, 1.165) is 31.6 Å². The number of amides is 2. The molecule has 8 heteroatoms. The van der Waals surface area contributed by atoms with Gasteiger partial charge in [-0.15, -0.1) is 11.3 Å². The van der Waals surface area contributed by atoms with Gasteiger partial charge in [-0.2, -0.15) is 0 Å². The topological polar surface area (TPSA) is 53.1 Å². The molecular weight excluding hydrogens is 429 g/mol. The molecule has 0 bridgehead atoms. The van der Waals surface area contributed by atoms with Crippen LogP contribution in [-0.2, 0) is 16.0 Å². The van der Waals surface area contributed by atoms with Crippen LogP contribution < -0.4 is 4.74 Å². The number of ether oxygens (including phenoxy) is 1. The molecule has 32 heavy (non-hydrogen) atoms. The third-order valence-electron chi connectivity index (χ3n) is 6.29. The number of rotatable bonds is 8. The lowest BCUT2D eigenvalue weighted by Crippen LogP contribution is -2.48. The van der Waals surface area contributed by atoms with Gasteiger partial charge in [0.05, 0.1) is 12.6 Å². The maximum Gasteiger partial charge on any atom is 0.242 e. The number of thiophene rings is 1. The first-order chi connectivity index (χ1) is 15.5. The average molecular weight is 460 g/mol. The van der Waals surface area contributed by atoms with Crippen molar-refractivity contribution < 1.29 is 18.7 Å². The van der Waals surface area contributed by atoms with E-state index in [1.807, 2.05) is 16.3 Å². The molecule has 0 radical (unpaired) electrons. The van der Waals surface area contributed by atoms with E-state index < -0.39 is 0 Å². The van der Waals surface area contributed by atoms with E-state index >= 15 is 0 Å². The molecule has 2 aliphatic rings. The summed E-state index contributed by atoms with van der Waals surface area (Å²) in [6.45, 7) is 5.99. The van der Waals surface area contributed by atoms with Crippen molar-refractivity contribution in [3.05, 3.63) is 52.0 Å². The summed E-state index contributed by atoms with van der Waals surface area (Å²) >= 11 is 1.69. The number of hydrogen-bond donors (Lipinski definition) is 0. The Hall–Kier alpha value is -2.45. The fraction of sp³-hybridized carbons (Fsp3) is 0.500. The van der Waals surface area contributed by atoms with Crippen molar-refractivity contribution in [3.8, 4) is 5.75 Å². The molecule has 0 saturated carbocycles. The molecule has 0 N–H and O–H groups in total. The van der Waals surface area contributed by atoms with Crippen LogP contribution in [0.2, 0.25) is 0 Å². The highest BCUT2D eigenvalue weighted by Gasteiger charge is 2.33. The van der Waals surface area contributed by atoms with Crippen LogP contribution in [0.5, 0.6) is 5.75 Å². The fourth-order valence-electron chi connectivity index (χ4n) is 4.45. The van der Waals surface area contributed by atoms with Gasteiger partial charge in [0.25, 0.3) is 0 Å². The molecule has 1 aromatic heterocycles. The molecule has 2 aromatic rings. The minimum absolute atomic E-state index is 0.0637. The van der Waals surface area contributed by atoms with Crippen LogP contribution in [0.25, 0.3) is 0 Å². The number of halogens is 1. The van der Waals surface area contributed by atoms with Crippen molar-refractivity contribution in [1.82, 2.24) is 14.7 Å². The first-order valence-electron chi connectivity index (χ1n) is 11.2. The molecular formula is C24H30FN3O3S. The minimum Gasteiger partial charge on any atom is -0.491 e. The van der Waals surface area contributed by atoms with E-state index in [2.05, 4.69) is 4.90 Å². The molecule has 0 aliphatic carbocycles. The summed E-state index contributed by atoms with van der Waals surface area (Å²) in [5.74, 6) is 0.110. The zero-order chi connectivity index (χ0) is 22.5. The average Bonchev–Trinajstić information content (AvgIpc) is 3.47. The SMILES string of the molecule is CC(=O)N(CCN1CCCC1)CC(=O)N1CCc2sccc2C1COc1ccc(F)cc1. The summed E-state index contributed by atoms with van der Waals surface area (Å²) in [4.78, 5) is 32.7. The largest absolute Gasteiger partial charge is 0.491 e. The van der Waals surface area contributed by atoms with E-state index in [-0.39, 0.29) is 36.8 Å². The molecule has 1 atom stereocenters. The lowest BCUT2D eigenvalue weighted by molar-refractivity contribution is -0.142. The normalized spacial score (nSPS) is 18.4. The second-order valence-corrected chi connectivity index (χ2v) is 9.41. The summed E-state index contributed by atoms with van der Waals surface area (Å²) in [6.07, 6.45) is 3.20. The van der Waals surface area contributed by atoms with Crippen molar-refractivity contribution in [3.63, 3.8) is 0 Å². The lowest BCUT2D eigenvalue weighted by Gasteiger charge is -2.37. The maximum atomic E-state index is 13.3. The number of hydrogen-bond acceptors (Lipinski definition) is 5. The molecule has 1 saturated heterocycles. The van der Waals surface area contributed by atoms with Gasteiger partial charge in [-0.1, -0.05) is 0 Å². The predicted molar refractivity (Wildman–Crippen MR) is 122 cm³/mol. The molecule has 1 aromatic carbocycles. The van der Waals surface area contributed by atoms with Crippen LogP contribution in [0.1, 0.15) is 36.2 Å². The van der Waals surface area contributed by atoms with Crippen LogP contribution in [0.3, 0.4) is 0 Å². The Balaban J connectivity index is 1.43. The zero-order valence-electron chi connectivity index (χ0n) is 18.5. The highest BCUT2D eigenvalue weighted by atomic mass is 32.1. The van der Waals surface area contributed by atoms with Gasteiger partial charge < -0.3 is 19.4 Å². The number of carbonyl (C=O) groups is 2. The Morgan fingerprint density at radius 2 is 1.91 bits per heavy atom. The first-order valence-corrected chi connectivity index (χ1v) is 12.1. The van der Waals surface area contributed by atoms with Crippen molar-refractivity contribution in [1.29, 1.82) is 0 Å². The smallest absolute Gasteiger partial charge is 0.242 e. The summed E-state index contributed by atoms with van der Waals surface area (Å²) in [6, 6.07) is 7.73. The standard InChI is InChI=1S/C24H30FN3O3S/c1-18(29)27(14-13-26-10-2-3-11-26)16-24(30)28-12-8-23-21(9-15-32-23)22(28)17-31-20-6-4-19(25)5-7-20/h4-7,9,15,22H,2-3,8,10-14,16-17H2,1H3. The van der Waals surface area contributed by atoms with Gasteiger partial charge in [-0.05, 0) is 73.6 Å². The summed E-state index contributed by atoms with van der Waals surface area (Å²) < 4.78 is 19.1. The highest BCUT2D eigenvalue weighted by molar-refractivity contribution is 7.10. The number of fused-ring (bicyclic) bond motifs is 1. The van der Waals surface area contributed by atoms with Gasteiger partial charge in [0.15, 0.2) is 0 Å². The Kier molecular flexibility index (Phi) is 7.42. The van der Waals surface area contributed by atoms with Gasteiger partial charge in [-0.25, -0.2) is 4.39 Å². The summed E-state index contributed by atoms with van der Waals surface area (Å²) in [5.41, 5.74) is 1.10. The van der Waals surface area contributed by atoms with Gasteiger partial charge in [0.1, 0.15) is 18.2 Å². The minimum atomic E-state index is -0.315. The van der Waals surface area contributed by atoms with E-state index in [9.17, 15) is 14.0 Å². The Labute approximate surface area is 192 Å². The van der Waals surface area contributed by atoms with Gasteiger partial charge in [0.2, 0.25) is 11.8 Å². The number of likely N-dealkylation sites (tertiary alicyclic amines) is 1. The van der Waals surface area contributed by atoms with Crippen LogP contribution in [0.4, 0.5) is 4.39 Å². The van der Waals surface area contributed by atoms with Crippen molar-refractivity contribution >= 4 is 23.2 Å². The molecule has 0 spiro atoms. The van der Waals surface area contributed by atoms with Gasteiger partial charge in [0, 0.05) is 31.4 Å². The summed E-state index contributed by atoms with van der Waals surface area (Å²) in [7, 11) is 0. The predicted octanol–water partition coefficient (Wildman–Crippen LogP) is 3.34. The monoisotopic (exact) mass is 459 g/mol. The van der Waals surface area contributed by atoms with E-state index in [1.165, 1.54) is 36.8 Å². The number of nitrogens with zero attached hydrogens (tertiary/aromatic N) is 3. The third-order valence-corrected chi connectivity index (χ3v) is 7.29. The molecule has 1 fully saturated rings. The molecule has 6 nitrogen and oxygen atoms in total. The second kappa shape index (κ2) is 10.4. The molecule has 2 aliphatic heterocycles. The van der Waals surface area contributed by atoms with Gasteiger partial charge in [-0.3, -0.25) is 9.59 Å². The molecule has 2 amide bonds. The highest BCUT2D eigenvalue weighted by Crippen LogP contribution is 2.34.